The Morgan fingerprint density at radius 3 is 2.71 bits per heavy atom. The highest BCUT2D eigenvalue weighted by Gasteiger charge is 2.14. The maximum Gasteiger partial charge on any atom is 0.267 e. The molecule has 5 heteroatoms. The lowest BCUT2D eigenvalue weighted by molar-refractivity contribution is -0.122. The van der Waals surface area contributed by atoms with Crippen LogP contribution < -0.4 is 10.9 Å². The van der Waals surface area contributed by atoms with Crippen LogP contribution in [-0.2, 0) is 24.2 Å². The molecular formula is C19H31N3O2. The lowest BCUT2D eigenvalue weighted by Gasteiger charge is -2.15. The molecule has 5 nitrogen and oxygen atoms in total. The fourth-order valence-electron chi connectivity index (χ4n) is 3.25. The number of hydrogen-bond acceptors (Lipinski definition) is 3. The summed E-state index contributed by atoms with van der Waals surface area (Å²) in [6.07, 6.45) is 8.49. The second-order valence-electron chi connectivity index (χ2n) is 7.47. The third-order valence-electron chi connectivity index (χ3n) is 4.64. The standard InChI is InChI=1S/C19H31N3O2/c1-14(2)8-7-9-15(3)20-18(23)13-22-19(24)12-16-10-5-4-6-11-17(16)21-22/h12,14-15H,4-11,13H2,1-3H3,(H,20,23)/t15-/m1/s1. The van der Waals surface area contributed by atoms with E-state index in [0.717, 1.165) is 49.8 Å². The molecule has 2 rings (SSSR count). The van der Waals surface area contributed by atoms with Crippen LogP contribution in [0.3, 0.4) is 0 Å². The number of nitrogens with zero attached hydrogens (tertiary/aromatic N) is 2. The summed E-state index contributed by atoms with van der Waals surface area (Å²) >= 11 is 0. The minimum atomic E-state index is -0.168. The van der Waals surface area contributed by atoms with Gasteiger partial charge in [0.05, 0.1) is 5.69 Å². The largest absolute Gasteiger partial charge is 0.352 e. The zero-order chi connectivity index (χ0) is 17.5. The molecule has 1 N–H and O–H groups in total. The minimum absolute atomic E-state index is 0.0145. The topological polar surface area (TPSA) is 64.0 Å². The van der Waals surface area contributed by atoms with E-state index >= 15 is 0 Å². The molecule has 1 aliphatic rings. The number of carbonyl (C=O) groups is 1. The lowest BCUT2D eigenvalue weighted by Crippen LogP contribution is -2.38. The van der Waals surface area contributed by atoms with E-state index in [0.29, 0.717) is 5.92 Å². The van der Waals surface area contributed by atoms with Crippen LogP contribution in [0.4, 0.5) is 0 Å². The average Bonchev–Trinajstić information content (AvgIpc) is 2.72. The van der Waals surface area contributed by atoms with Gasteiger partial charge in [0.2, 0.25) is 5.91 Å². The van der Waals surface area contributed by atoms with E-state index in [1.54, 1.807) is 6.07 Å². The van der Waals surface area contributed by atoms with Gasteiger partial charge in [0.25, 0.3) is 5.56 Å². The van der Waals surface area contributed by atoms with Gasteiger partial charge < -0.3 is 5.32 Å². The molecule has 1 atom stereocenters. The molecule has 0 spiro atoms. The summed E-state index contributed by atoms with van der Waals surface area (Å²) in [6, 6.07) is 1.81. The SMILES string of the molecule is CC(C)CCC[C@@H](C)NC(=O)Cn1nc2c(cc1=O)CCCCC2. The first-order chi connectivity index (χ1) is 11.5. The molecule has 0 saturated carbocycles. The number of rotatable bonds is 7. The Morgan fingerprint density at radius 1 is 1.21 bits per heavy atom. The number of amides is 1. The van der Waals surface area contributed by atoms with Crippen molar-refractivity contribution >= 4 is 5.91 Å². The highest BCUT2D eigenvalue weighted by molar-refractivity contribution is 5.75. The van der Waals surface area contributed by atoms with E-state index in [1.807, 2.05) is 6.92 Å². The molecule has 134 valence electrons. The molecule has 0 bridgehead atoms. The van der Waals surface area contributed by atoms with Crippen LogP contribution in [0.2, 0.25) is 0 Å². The summed E-state index contributed by atoms with van der Waals surface area (Å²) in [5.41, 5.74) is 1.89. The number of hydrogen-bond donors (Lipinski definition) is 1. The summed E-state index contributed by atoms with van der Waals surface area (Å²) in [7, 11) is 0. The summed E-state index contributed by atoms with van der Waals surface area (Å²) in [6.45, 7) is 6.45. The molecule has 1 amide bonds. The first-order valence-corrected chi connectivity index (χ1v) is 9.35. The highest BCUT2D eigenvalue weighted by atomic mass is 16.2. The quantitative estimate of drug-likeness (QED) is 0.780. The van der Waals surface area contributed by atoms with E-state index in [-0.39, 0.29) is 24.1 Å². The molecule has 0 saturated heterocycles. The van der Waals surface area contributed by atoms with Crippen LogP contribution in [0, 0.1) is 5.92 Å². The smallest absolute Gasteiger partial charge is 0.267 e. The van der Waals surface area contributed by atoms with Gasteiger partial charge in [0.1, 0.15) is 6.54 Å². The predicted molar refractivity (Wildman–Crippen MR) is 96.0 cm³/mol. The van der Waals surface area contributed by atoms with Crippen LogP contribution in [0.5, 0.6) is 0 Å². The summed E-state index contributed by atoms with van der Waals surface area (Å²) in [4.78, 5) is 24.4. The van der Waals surface area contributed by atoms with Crippen molar-refractivity contribution in [1.82, 2.24) is 15.1 Å². The Kier molecular flexibility index (Phi) is 7.00. The van der Waals surface area contributed by atoms with Crippen LogP contribution in [0.25, 0.3) is 0 Å². The van der Waals surface area contributed by atoms with Crippen molar-refractivity contribution in [3.05, 3.63) is 27.7 Å². The Morgan fingerprint density at radius 2 is 1.96 bits per heavy atom. The Hall–Kier alpha value is -1.65. The summed E-state index contributed by atoms with van der Waals surface area (Å²) in [5.74, 6) is 0.561. The molecule has 1 heterocycles. The van der Waals surface area contributed by atoms with E-state index in [2.05, 4.69) is 24.3 Å². The van der Waals surface area contributed by atoms with Crippen LogP contribution >= 0.6 is 0 Å². The third-order valence-corrected chi connectivity index (χ3v) is 4.64. The Balaban J connectivity index is 1.91. The maximum absolute atomic E-state index is 12.2. The zero-order valence-electron chi connectivity index (χ0n) is 15.3. The number of aromatic nitrogens is 2. The van der Waals surface area contributed by atoms with Gasteiger partial charge in [0.15, 0.2) is 0 Å². The van der Waals surface area contributed by atoms with Gasteiger partial charge >= 0.3 is 0 Å². The lowest BCUT2D eigenvalue weighted by atomic mass is 10.0. The number of fused-ring (bicyclic) bond motifs is 1. The van der Waals surface area contributed by atoms with E-state index in [9.17, 15) is 9.59 Å². The fourth-order valence-corrected chi connectivity index (χ4v) is 3.25. The molecule has 0 aliphatic heterocycles. The van der Waals surface area contributed by atoms with Crippen LogP contribution in [0.1, 0.15) is 70.6 Å². The second-order valence-corrected chi connectivity index (χ2v) is 7.47. The molecule has 0 aromatic carbocycles. The van der Waals surface area contributed by atoms with E-state index < -0.39 is 0 Å². The molecule has 1 aromatic heterocycles. The summed E-state index contributed by atoms with van der Waals surface area (Å²) < 4.78 is 1.32. The molecule has 0 fully saturated rings. The fraction of sp³-hybridized carbons (Fsp3) is 0.737. The highest BCUT2D eigenvalue weighted by Crippen LogP contribution is 2.16. The van der Waals surface area contributed by atoms with Crippen molar-refractivity contribution in [3.8, 4) is 0 Å². The molecular weight excluding hydrogens is 302 g/mol. The van der Waals surface area contributed by atoms with Gasteiger partial charge in [-0.15, -0.1) is 0 Å². The van der Waals surface area contributed by atoms with Crippen molar-refractivity contribution in [3.63, 3.8) is 0 Å². The van der Waals surface area contributed by atoms with Crippen molar-refractivity contribution in [1.29, 1.82) is 0 Å². The van der Waals surface area contributed by atoms with Crippen LogP contribution in [0.15, 0.2) is 10.9 Å². The second kappa shape index (κ2) is 9.00. The van der Waals surface area contributed by atoms with E-state index in [1.165, 1.54) is 17.5 Å². The number of carbonyl (C=O) groups excluding carboxylic acids is 1. The average molecular weight is 333 g/mol. The van der Waals surface area contributed by atoms with Gasteiger partial charge in [-0.25, -0.2) is 4.68 Å². The van der Waals surface area contributed by atoms with Gasteiger partial charge in [0, 0.05) is 12.1 Å². The zero-order valence-corrected chi connectivity index (χ0v) is 15.3. The first-order valence-electron chi connectivity index (χ1n) is 9.35. The van der Waals surface area contributed by atoms with Crippen molar-refractivity contribution < 1.29 is 4.79 Å². The molecule has 1 aliphatic carbocycles. The monoisotopic (exact) mass is 333 g/mol. The maximum atomic E-state index is 12.2. The summed E-state index contributed by atoms with van der Waals surface area (Å²) in [5, 5.41) is 7.43. The Bertz CT molecular complexity index is 607. The number of aryl methyl sites for hydroxylation is 2. The molecule has 1 aromatic rings. The minimum Gasteiger partial charge on any atom is -0.352 e. The van der Waals surface area contributed by atoms with E-state index in [4.69, 9.17) is 0 Å². The van der Waals surface area contributed by atoms with Gasteiger partial charge in [-0.3, -0.25) is 9.59 Å². The van der Waals surface area contributed by atoms with Gasteiger partial charge in [-0.1, -0.05) is 33.1 Å². The van der Waals surface area contributed by atoms with Gasteiger partial charge in [-0.05, 0) is 50.5 Å². The number of nitrogens with one attached hydrogen (secondary N) is 1. The van der Waals surface area contributed by atoms with Crippen molar-refractivity contribution in [2.75, 3.05) is 0 Å². The molecule has 0 radical (unpaired) electrons. The molecule has 24 heavy (non-hydrogen) atoms. The molecule has 0 unspecified atom stereocenters. The predicted octanol–water partition coefficient (Wildman–Crippen LogP) is 2.84. The van der Waals surface area contributed by atoms with Gasteiger partial charge in [-0.2, -0.15) is 5.10 Å². The third kappa shape index (κ3) is 5.77. The van der Waals surface area contributed by atoms with Crippen LogP contribution in [-0.4, -0.2) is 21.7 Å². The normalized spacial score (nSPS) is 15.7. The van der Waals surface area contributed by atoms with Crippen molar-refractivity contribution in [2.45, 2.75) is 84.7 Å². The van der Waals surface area contributed by atoms with Crippen molar-refractivity contribution in [2.24, 2.45) is 5.92 Å². The Labute approximate surface area is 144 Å². The first kappa shape index (κ1) is 18.7.